The van der Waals surface area contributed by atoms with Gasteiger partial charge in [0.1, 0.15) is 5.82 Å². The summed E-state index contributed by atoms with van der Waals surface area (Å²) in [5, 5.41) is 12.8. The fourth-order valence-electron chi connectivity index (χ4n) is 1.60. The van der Waals surface area contributed by atoms with Gasteiger partial charge in [0, 0.05) is 11.8 Å². The lowest BCUT2D eigenvalue weighted by Crippen LogP contribution is -2.06. The Morgan fingerprint density at radius 3 is 2.55 bits per heavy atom. The van der Waals surface area contributed by atoms with Crippen molar-refractivity contribution >= 4 is 18.0 Å². The van der Waals surface area contributed by atoms with Gasteiger partial charge in [-0.3, -0.25) is 5.43 Å². The van der Waals surface area contributed by atoms with Crippen molar-refractivity contribution in [1.29, 1.82) is 0 Å². The number of anilines is 1. The molecule has 0 bridgehead atoms. The van der Waals surface area contributed by atoms with Gasteiger partial charge in [0.2, 0.25) is 0 Å². The van der Waals surface area contributed by atoms with Crippen LogP contribution < -0.4 is 5.43 Å². The van der Waals surface area contributed by atoms with Crippen LogP contribution in [0.25, 0.3) is 0 Å². The quantitative estimate of drug-likeness (QED) is 0.671. The SMILES string of the molecule is O=C(O)c1ccccc1/C=N/Nc1ccc(C(F)(F)F)cn1. The first-order valence-corrected chi connectivity index (χ1v) is 6.02. The Morgan fingerprint density at radius 1 is 1.23 bits per heavy atom. The van der Waals surface area contributed by atoms with Crippen LogP contribution in [0.1, 0.15) is 21.5 Å². The highest BCUT2D eigenvalue weighted by molar-refractivity contribution is 5.98. The Hall–Kier alpha value is -2.90. The zero-order valence-corrected chi connectivity index (χ0v) is 11.0. The molecular weight excluding hydrogens is 299 g/mol. The molecule has 1 aromatic heterocycles. The van der Waals surface area contributed by atoms with E-state index in [2.05, 4.69) is 15.5 Å². The smallest absolute Gasteiger partial charge is 0.417 e. The van der Waals surface area contributed by atoms with Crippen molar-refractivity contribution in [3.05, 3.63) is 59.3 Å². The summed E-state index contributed by atoms with van der Waals surface area (Å²) in [4.78, 5) is 14.6. The van der Waals surface area contributed by atoms with Gasteiger partial charge in [-0.1, -0.05) is 18.2 Å². The number of aromatic carboxylic acids is 1. The Labute approximate surface area is 123 Å². The summed E-state index contributed by atoms with van der Waals surface area (Å²) in [6.07, 6.45) is -2.51. The second-order valence-corrected chi connectivity index (χ2v) is 4.19. The Kier molecular flexibility index (Phi) is 4.40. The summed E-state index contributed by atoms with van der Waals surface area (Å²) in [7, 11) is 0. The van der Waals surface area contributed by atoms with Gasteiger partial charge < -0.3 is 5.11 Å². The van der Waals surface area contributed by atoms with Crippen molar-refractivity contribution in [3.8, 4) is 0 Å². The predicted molar refractivity (Wildman–Crippen MR) is 73.9 cm³/mol. The lowest BCUT2D eigenvalue weighted by Gasteiger charge is -2.06. The highest BCUT2D eigenvalue weighted by Gasteiger charge is 2.30. The number of aromatic nitrogens is 1. The number of pyridine rings is 1. The zero-order chi connectivity index (χ0) is 16.2. The predicted octanol–water partition coefficient (Wildman–Crippen LogP) is 3.24. The summed E-state index contributed by atoms with van der Waals surface area (Å²) in [6, 6.07) is 8.18. The van der Waals surface area contributed by atoms with E-state index < -0.39 is 17.7 Å². The molecule has 5 nitrogen and oxygen atoms in total. The van der Waals surface area contributed by atoms with E-state index in [1.807, 2.05) is 0 Å². The molecule has 2 rings (SSSR count). The number of nitrogens with one attached hydrogen (secondary N) is 1. The largest absolute Gasteiger partial charge is 0.478 e. The molecule has 0 atom stereocenters. The van der Waals surface area contributed by atoms with Gasteiger partial charge in [-0.05, 0) is 18.2 Å². The maximum atomic E-state index is 12.4. The van der Waals surface area contributed by atoms with E-state index in [1.165, 1.54) is 12.3 Å². The molecule has 0 aliphatic heterocycles. The number of carbonyl (C=O) groups is 1. The average molecular weight is 309 g/mol. The van der Waals surface area contributed by atoms with Crippen molar-refractivity contribution < 1.29 is 23.1 Å². The lowest BCUT2D eigenvalue weighted by molar-refractivity contribution is -0.137. The number of carboxylic acids is 1. The van der Waals surface area contributed by atoms with Crippen LogP contribution >= 0.6 is 0 Å². The molecule has 0 aliphatic carbocycles. The summed E-state index contributed by atoms with van der Waals surface area (Å²) in [6.45, 7) is 0. The normalized spacial score (nSPS) is 11.6. The molecule has 0 spiro atoms. The molecule has 114 valence electrons. The minimum Gasteiger partial charge on any atom is -0.478 e. The van der Waals surface area contributed by atoms with E-state index in [9.17, 15) is 18.0 Å². The molecule has 1 aromatic carbocycles. The third-order valence-electron chi connectivity index (χ3n) is 2.66. The molecule has 0 radical (unpaired) electrons. The topological polar surface area (TPSA) is 74.6 Å². The van der Waals surface area contributed by atoms with Crippen LogP contribution in [0.4, 0.5) is 19.0 Å². The molecule has 0 amide bonds. The third-order valence-corrected chi connectivity index (χ3v) is 2.66. The summed E-state index contributed by atoms with van der Waals surface area (Å²) in [5.41, 5.74) is 1.99. The maximum absolute atomic E-state index is 12.4. The second kappa shape index (κ2) is 6.25. The van der Waals surface area contributed by atoms with E-state index >= 15 is 0 Å². The highest BCUT2D eigenvalue weighted by Crippen LogP contribution is 2.28. The van der Waals surface area contributed by atoms with E-state index in [1.54, 1.807) is 18.2 Å². The van der Waals surface area contributed by atoms with Crippen LogP contribution in [0.5, 0.6) is 0 Å². The van der Waals surface area contributed by atoms with Gasteiger partial charge in [0.25, 0.3) is 0 Å². The number of alkyl halides is 3. The zero-order valence-electron chi connectivity index (χ0n) is 11.0. The number of rotatable bonds is 4. The number of halogens is 3. The average Bonchev–Trinajstić information content (AvgIpc) is 2.47. The van der Waals surface area contributed by atoms with Crippen LogP contribution in [-0.4, -0.2) is 22.3 Å². The molecule has 0 saturated carbocycles. The van der Waals surface area contributed by atoms with Crippen LogP contribution in [0, 0.1) is 0 Å². The fraction of sp³-hybridized carbons (Fsp3) is 0.0714. The van der Waals surface area contributed by atoms with Crippen LogP contribution in [0.15, 0.2) is 47.7 Å². The number of hydrogen-bond donors (Lipinski definition) is 2. The van der Waals surface area contributed by atoms with Crippen LogP contribution in [-0.2, 0) is 6.18 Å². The fourth-order valence-corrected chi connectivity index (χ4v) is 1.60. The molecule has 8 heteroatoms. The van der Waals surface area contributed by atoms with E-state index in [0.29, 0.717) is 11.8 Å². The summed E-state index contributed by atoms with van der Waals surface area (Å²) < 4.78 is 37.1. The van der Waals surface area contributed by atoms with Gasteiger partial charge in [-0.25, -0.2) is 9.78 Å². The molecule has 22 heavy (non-hydrogen) atoms. The van der Waals surface area contributed by atoms with Crippen molar-refractivity contribution in [2.24, 2.45) is 5.10 Å². The number of carboxylic acid groups (broad SMARTS) is 1. The first-order valence-electron chi connectivity index (χ1n) is 6.02. The lowest BCUT2D eigenvalue weighted by atomic mass is 10.1. The third kappa shape index (κ3) is 3.81. The van der Waals surface area contributed by atoms with Gasteiger partial charge in [0.05, 0.1) is 17.3 Å². The Balaban J connectivity index is 2.09. The van der Waals surface area contributed by atoms with E-state index in [-0.39, 0.29) is 11.4 Å². The Morgan fingerprint density at radius 2 is 1.95 bits per heavy atom. The molecule has 0 saturated heterocycles. The number of benzene rings is 1. The first kappa shape index (κ1) is 15.5. The highest BCUT2D eigenvalue weighted by atomic mass is 19.4. The molecule has 0 aliphatic rings. The standard InChI is InChI=1S/C14H10F3N3O2/c15-14(16,17)10-5-6-12(18-8-10)20-19-7-9-3-1-2-4-11(9)13(21)22/h1-8H,(H,18,20)(H,21,22)/b19-7+. The summed E-state index contributed by atoms with van der Waals surface area (Å²) in [5.74, 6) is -0.994. The Bertz CT molecular complexity index is 697. The van der Waals surface area contributed by atoms with E-state index in [0.717, 1.165) is 12.1 Å². The molecule has 2 aromatic rings. The molecular formula is C14H10F3N3O2. The monoisotopic (exact) mass is 309 g/mol. The molecule has 1 heterocycles. The van der Waals surface area contributed by atoms with Gasteiger partial charge in [-0.2, -0.15) is 18.3 Å². The van der Waals surface area contributed by atoms with Crippen LogP contribution in [0.3, 0.4) is 0 Å². The minimum atomic E-state index is -4.45. The number of nitrogens with zero attached hydrogens (tertiary/aromatic N) is 2. The van der Waals surface area contributed by atoms with E-state index in [4.69, 9.17) is 5.11 Å². The summed E-state index contributed by atoms with van der Waals surface area (Å²) >= 11 is 0. The maximum Gasteiger partial charge on any atom is 0.417 e. The van der Waals surface area contributed by atoms with Crippen molar-refractivity contribution in [2.45, 2.75) is 6.18 Å². The van der Waals surface area contributed by atoms with Crippen molar-refractivity contribution in [2.75, 3.05) is 5.43 Å². The first-order chi connectivity index (χ1) is 10.4. The van der Waals surface area contributed by atoms with Gasteiger partial charge >= 0.3 is 12.1 Å². The second-order valence-electron chi connectivity index (χ2n) is 4.19. The van der Waals surface area contributed by atoms with Crippen molar-refractivity contribution in [1.82, 2.24) is 4.98 Å². The molecule has 2 N–H and O–H groups in total. The van der Waals surface area contributed by atoms with Crippen LogP contribution in [0.2, 0.25) is 0 Å². The number of hydrogen-bond acceptors (Lipinski definition) is 4. The van der Waals surface area contributed by atoms with Gasteiger partial charge in [-0.15, -0.1) is 0 Å². The molecule has 0 fully saturated rings. The molecule has 0 unspecified atom stereocenters. The van der Waals surface area contributed by atoms with Crippen molar-refractivity contribution in [3.63, 3.8) is 0 Å². The van der Waals surface area contributed by atoms with Gasteiger partial charge in [0.15, 0.2) is 0 Å². The number of hydrazone groups is 1. The minimum absolute atomic E-state index is 0.0634.